The lowest BCUT2D eigenvalue weighted by molar-refractivity contribution is -0.148. The van der Waals surface area contributed by atoms with Gasteiger partial charge in [0.1, 0.15) is 6.10 Å². The van der Waals surface area contributed by atoms with E-state index in [4.69, 9.17) is 9.47 Å². The Bertz CT molecular complexity index is 565. The zero-order valence-corrected chi connectivity index (χ0v) is 11.1. The maximum atomic E-state index is 11.7. The number of carbonyl (C=O) groups is 1. The Kier molecular flexibility index (Phi) is 3.79. The highest BCUT2D eigenvalue weighted by atomic mass is 16.8. The molecule has 2 unspecified atom stereocenters. The number of rotatable bonds is 5. The molecule has 0 spiro atoms. The minimum atomic E-state index is -0.416. The van der Waals surface area contributed by atoms with Gasteiger partial charge in [-0.3, -0.25) is 4.79 Å². The number of aryl methyl sites for hydroxylation is 1. The lowest BCUT2D eigenvalue weighted by atomic mass is 10.1. The maximum absolute atomic E-state index is 11.7. The first-order chi connectivity index (χ1) is 9.83. The number of esters is 1. The molecule has 2 atom stereocenters. The van der Waals surface area contributed by atoms with Gasteiger partial charge < -0.3 is 9.47 Å². The van der Waals surface area contributed by atoms with E-state index in [0.29, 0.717) is 12.8 Å². The number of epoxide rings is 1. The van der Waals surface area contributed by atoms with E-state index in [1.807, 2.05) is 60.7 Å². The molecular weight excluding hydrogens is 252 g/mol. The topological polar surface area (TPSA) is 38.8 Å². The lowest BCUT2D eigenvalue weighted by Gasteiger charge is -2.02. The predicted octanol–water partition coefficient (Wildman–Crippen LogP) is 3.26. The fraction of sp³-hybridized carbons (Fsp3) is 0.235. The van der Waals surface area contributed by atoms with Crippen LogP contribution >= 0.6 is 0 Å². The molecular formula is C17H16O3. The summed E-state index contributed by atoms with van der Waals surface area (Å²) in [6.45, 7) is 0. The van der Waals surface area contributed by atoms with Crippen molar-refractivity contribution in [2.24, 2.45) is 0 Å². The highest BCUT2D eigenvalue weighted by molar-refractivity contribution is 5.70. The highest BCUT2D eigenvalue weighted by Gasteiger charge is 2.43. The highest BCUT2D eigenvalue weighted by Crippen LogP contribution is 2.39. The van der Waals surface area contributed by atoms with Crippen molar-refractivity contribution in [3.63, 3.8) is 0 Å². The van der Waals surface area contributed by atoms with Gasteiger partial charge in [0.05, 0.1) is 0 Å². The molecule has 1 saturated heterocycles. The number of hydrogen-bond acceptors (Lipinski definition) is 3. The molecule has 2 aromatic rings. The van der Waals surface area contributed by atoms with E-state index < -0.39 is 6.29 Å². The normalized spacial score (nSPS) is 20.4. The molecule has 0 N–H and O–H groups in total. The Morgan fingerprint density at radius 1 is 1.00 bits per heavy atom. The third-order valence-electron chi connectivity index (χ3n) is 3.29. The molecule has 0 radical (unpaired) electrons. The molecule has 3 rings (SSSR count). The van der Waals surface area contributed by atoms with E-state index in [1.54, 1.807) is 0 Å². The Morgan fingerprint density at radius 3 is 2.35 bits per heavy atom. The van der Waals surface area contributed by atoms with Gasteiger partial charge in [-0.25, -0.2) is 0 Å². The monoisotopic (exact) mass is 268 g/mol. The Hall–Kier alpha value is -2.13. The van der Waals surface area contributed by atoms with Gasteiger partial charge in [0, 0.05) is 6.42 Å². The van der Waals surface area contributed by atoms with Gasteiger partial charge in [0.2, 0.25) is 6.29 Å². The number of benzene rings is 2. The number of ether oxygens (including phenoxy) is 2. The summed E-state index contributed by atoms with van der Waals surface area (Å²) in [6.07, 6.45) is 0.561. The summed E-state index contributed by atoms with van der Waals surface area (Å²) in [5.41, 5.74) is 2.19. The van der Waals surface area contributed by atoms with E-state index in [9.17, 15) is 4.79 Å². The zero-order valence-electron chi connectivity index (χ0n) is 11.1. The minimum absolute atomic E-state index is 0.100. The first kappa shape index (κ1) is 12.9. The molecule has 1 heterocycles. The quantitative estimate of drug-likeness (QED) is 0.617. The van der Waals surface area contributed by atoms with E-state index in [2.05, 4.69) is 0 Å². The predicted molar refractivity (Wildman–Crippen MR) is 74.9 cm³/mol. The number of carbonyl (C=O) groups excluding carboxylic acids is 1. The summed E-state index contributed by atoms with van der Waals surface area (Å²) in [5, 5.41) is 0. The van der Waals surface area contributed by atoms with Gasteiger partial charge >= 0.3 is 5.97 Å². The van der Waals surface area contributed by atoms with Crippen LogP contribution in [0, 0.1) is 0 Å². The first-order valence-corrected chi connectivity index (χ1v) is 6.77. The van der Waals surface area contributed by atoms with Gasteiger partial charge in [0.25, 0.3) is 0 Å². The largest absolute Gasteiger partial charge is 0.432 e. The lowest BCUT2D eigenvalue weighted by Crippen LogP contribution is -2.08. The molecule has 2 aromatic carbocycles. The second kappa shape index (κ2) is 5.88. The third kappa shape index (κ3) is 3.25. The maximum Gasteiger partial charge on any atom is 0.308 e. The fourth-order valence-electron chi connectivity index (χ4n) is 2.15. The van der Waals surface area contributed by atoms with Gasteiger partial charge in [-0.05, 0) is 17.5 Å². The molecule has 1 aliphatic rings. The SMILES string of the molecule is O=C(CCc1ccccc1)OC1OC1c1ccccc1. The van der Waals surface area contributed by atoms with Crippen molar-refractivity contribution in [1.82, 2.24) is 0 Å². The second-order valence-corrected chi connectivity index (χ2v) is 4.81. The Morgan fingerprint density at radius 2 is 1.65 bits per heavy atom. The van der Waals surface area contributed by atoms with Crippen LogP contribution in [0.25, 0.3) is 0 Å². The molecule has 0 bridgehead atoms. The van der Waals surface area contributed by atoms with E-state index in [-0.39, 0.29) is 12.1 Å². The Balaban J connectivity index is 1.45. The average Bonchev–Trinajstić information content (AvgIpc) is 3.26. The van der Waals surface area contributed by atoms with Crippen molar-refractivity contribution in [2.45, 2.75) is 25.2 Å². The van der Waals surface area contributed by atoms with E-state index in [0.717, 1.165) is 11.1 Å². The molecule has 20 heavy (non-hydrogen) atoms. The van der Waals surface area contributed by atoms with Gasteiger partial charge in [-0.1, -0.05) is 60.7 Å². The molecule has 1 fully saturated rings. The fourth-order valence-corrected chi connectivity index (χ4v) is 2.15. The summed E-state index contributed by atoms with van der Waals surface area (Å²) in [7, 11) is 0. The van der Waals surface area contributed by atoms with Crippen LogP contribution in [-0.4, -0.2) is 12.3 Å². The summed E-state index contributed by atoms with van der Waals surface area (Å²) in [5.74, 6) is -0.211. The molecule has 102 valence electrons. The molecule has 1 aliphatic heterocycles. The average molecular weight is 268 g/mol. The van der Waals surface area contributed by atoms with Crippen LogP contribution in [0.2, 0.25) is 0 Å². The van der Waals surface area contributed by atoms with Crippen molar-refractivity contribution in [3.05, 3.63) is 71.8 Å². The van der Waals surface area contributed by atoms with Crippen LogP contribution in [0.15, 0.2) is 60.7 Å². The standard InChI is InChI=1S/C17H16O3/c18-15(12-11-13-7-3-1-4-8-13)19-17-16(20-17)14-9-5-2-6-10-14/h1-10,16-17H,11-12H2. The van der Waals surface area contributed by atoms with E-state index >= 15 is 0 Å². The second-order valence-electron chi connectivity index (χ2n) is 4.81. The van der Waals surface area contributed by atoms with Crippen molar-refractivity contribution in [1.29, 1.82) is 0 Å². The third-order valence-corrected chi connectivity index (χ3v) is 3.29. The van der Waals surface area contributed by atoms with Crippen LogP contribution in [0.1, 0.15) is 23.7 Å². The number of hydrogen-bond donors (Lipinski definition) is 0. The molecule has 0 saturated carbocycles. The van der Waals surface area contributed by atoms with Crippen LogP contribution in [0.5, 0.6) is 0 Å². The van der Waals surface area contributed by atoms with Crippen LogP contribution in [0.4, 0.5) is 0 Å². The minimum Gasteiger partial charge on any atom is -0.432 e. The van der Waals surface area contributed by atoms with Gasteiger partial charge in [-0.15, -0.1) is 0 Å². The summed E-state index contributed by atoms with van der Waals surface area (Å²) in [4.78, 5) is 11.7. The molecule has 0 aliphatic carbocycles. The summed E-state index contributed by atoms with van der Waals surface area (Å²) >= 11 is 0. The molecule has 3 heteroatoms. The molecule has 0 aromatic heterocycles. The van der Waals surface area contributed by atoms with Crippen molar-refractivity contribution in [3.8, 4) is 0 Å². The molecule has 3 nitrogen and oxygen atoms in total. The van der Waals surface area contributed by atoms with Crippen LogP contribution in [0.3, 0.4) is 0 Å². The van der Waals surface area contributed by atoms with Crippen LogP contribution < -0.4 is 0 Å². The zero-order chi connectivity index (χ0) is 13.8. The van der Waals surface area contributed by atoms with Crippen molar-refractivity contribution in [2.75, 3.05) is 0 Å². The Labute approximate surface area is 118 Å². The van der Waals surface area contributed by atoms with E-state index in [1.165, 1.54) is 0 Å². The van der Waals surface area contributed by atoms with Gasteiger partial charge in [-0.2, -0.15) is 0 Å². The molecule has 0 amide bonds. The summed E-state index contributed by atoms with van der Waals surface area (Å²) in [6, 6.07) is 19.7. The summed E-state index contributed by atoms with van der Waals surface area (Å²) < 4.78 is 10.7. The van der Waals surface area contributed by atoms with Crippen molar-refractivity contribution >= 4 is 5.97 Å². The van der Waals surface area contributed by atoms with Crippen molar-refractivity contribution < 1.29 is 14.3 Å². The smallest absolute Gasteiger partial charge is 0.308 e. The van der Waals surface area contributed by atoms with Gasteiger partial charge in [0.15, 0.2) is 0 Å². The first-order valence-electron chi connectivity index (χ1n) is 6.77. The van der Waals surface area contributed by atoms with Crippen LogP contribution in [-0.2, 0) is 20.7 Å².